The van der Waals surface area contributed by atoms with Crippen LogP contribution in [0.3, 0.4) is 0 Å². The van der Waals surface area contributed by atoms with Gasteiger partial charge in [-0.15, -0.1) is 0 Å². The average molecular weight is 253 g/mol. The summed E-state index contributed by atoms with van der Waals surface area (Å²) in [6, 6.07) is 0. The largest absolute Gasteiger partial charge is 0.374 e. The molecule has 4 fully saturated rings. The maximum atomic E-state index is 6.12. The minimum atomic E-state index is 0.0359. The van der Waals surface area contributed by atoms with E-state index in [0.29, 0.717) is 0 Å². The quantitative estimate of drug-likeness (QED) is 0.769. The molecule has 0 aromatic heterocycles. The fraction of sp³-hybridized carbons (Fsp3) is 1.00. The maximum Gasteiger partial charge on any atom is 0.0779 e. The van der Waals surface area contributed by atoms with Crippen molar-refractivity contribution in [2.45, 2.75) is 43.7 Å². The zero-order valence-electron chi connectivity index (χ0n) is 11.6. The van der Waals surface area contributed by atoms with E-state index in [1.54, 1.807) is 0 Å². The standard InChI is InChI=1S/C14H27N3O/c1-13(5-2-8-18-13)10-16-14(9-15)11-17-6-3-12(14)4-7-17/h12,16H,2-11,15H2,1H3. The van der Waals surface area contributed by atoms with Crippen LogP contribution in [-0.2, 0) is 4.74 Å². The molecular formula is C14H27N3O. The summed E-state index contributed by atoms with van der Waals surface area (Å²) in [5, 5.41) is 3.81. The van der Waals surface area contributed by atoms with Crippen LogP contribution >= 0.6 is 0 Å². The van der Waals surface area contributed by atoms with E-state index in [1.165, 1.54) is 38.8 Å². The molecule has 0 radical (unpaired) electrons. The molecule has 0 spiro atoms. The van der Waals surface area contributed by atoms with Gasteiger partial charge in [0.15, 0.2) is 0 Å². The minimum absolute atomic E-state index is 0.0359. The van der Waals surface area contributed by atoms with E-state index in [4.69, 9.17) is 10.5 Å². The Bertz CT molecular complexity index is 295. The maximum absolute atomic E-state index is 6.12. The van der Waals surface area contributed by atoms with Crippen LogP contribution in [0.15, 0.2) is 0 Å². The SMILES string of the molecule is CC1(CNC2(CN)CN3CCC2CC3)CCCO1. The van der Waals surface area contributed by atoms with E-state index in [2.05, 4.69) is 17.1 Å². The third kappa shape index (κ3) is 2.20. The zero-order chi connectivity index (χ0) is 12.6. The van der Waals surface area contributed by atoms with Crippen LogP contribution in [0.1, 0.15) is 32.6 Å². The zero-order valence-corrected chi connectivity index (χ0v) is 11.6. The first-order valence-electron chi connectivity index (χ1n) is 7.47. The highest BCUT2D eigenvalue weighted by molar-refractivity contribution is 5.05. The molecule has 4 heteroatoms. The summed E-state index contributed by atoms with van der Waals surface area (Å²) in [6.45, 7) is 8.52. The van der Waals surface area contributed by atoms with Gasteiger partial charge in [-0.1, -0.05) is 0 Å². The van der Waals surface area contributed by atoms with Crippen LogP contribution < -0.4 is 11.1 Å². The van der Waals surface area contributed by atoms with Crippen LogP contribution in [0.5, 0.6) is 0 Å². The first kappa shape index (κ1) is 12.9. The molecule has 4 heterocycles. The molecule has 0 aliphatic carbocycles. The molecule has 4 rings (SSSR count). The molecule has 0 aromatic carbocycles. The molecule has 18 heavy (non-hydrogen) atoms. The van der Waals surface area contributed by atoms with E-state index in [-0.39, 0.29) is 11.1 Å². The van der Waals surface area contributed by atoms with Gasteiger partial charge in [-0.3, -0.25) is 0 Å². The first-order chi connectivity index (χ1) is 8.66. The van der Waals surface area contributed by atoms with Crippen LogP contribution in [0, 0.1) is 5.92 Å². The lowest BCUT2D eigenvalue weighted by atomic mass is 9.72. The Balaban J connectivity index is 1.65. The summed E-state index contributed by atoms with van der Waals surface area (Å²) in [7, 11) is 0. The van der Waals surface area contributed by atoms with Crippen molar-refractivity contribution in [3.63, 3.8) is 0 Å². The van der Waals surface area contributed by atoms with Crippen LogP contribution in [0.25, 0.3) is 0 Å². The van der Waals surface area contributed by atoms with Crippen molar-refractivity contribution in [1.29, 1.82) is 0 Å². The molecule has 0 saturated carbocycles. The molecule has 3 N–H and O–H groups in total. The van der Waals surface area contributed by atoms with Gasteiger partial charge in [-0.25, -0.2) is 0 Å². The Morgan fingerprint density at radius 3 is 2.67 bits per heavy atom. The van der Waals surface area contributed by atoms with Gasteiger partial charge in [-0.2, -0.15) is 0 Å². The highest BCUT2D eigenvalue weighted by Crippen LogP contribution is 2.36. The number of piperidine rings is 3. The molecule has 104 valence electrons. The number of hydrogen-bond donors (Lipinski definition) is 2. The van der Waals surface area contributed by atoms with Crippen molar-refractivity contribution in [1.82, 2.24) is 10.2 Å². The second-order valence-corrected chi connectivity index (χ2v) is 6.67. The van der Waals surface area contributed by atoms with Crippen molar-refractivity contribution in [3.8, 4) is 0 Å². The third-order valence-electron chi connectivity index (χ3n) is 5.35. The van der Waals surface area contributed by atoms with Gasteiger partial charge >= 0.3 is 0 Å². The number of nitrogens with one attached hydrogen (secondary N) is 1. The Labute approximate surface area is 110 Å². The number of rotatable bonds is 4. The van der Waals surface area contributed by atoms with E-state index in [0.717, 1.165) is 32.2 Å². The molecule has 4 nitrogen and oxygen atoms in total. The van der Waals surface area contributed by atoms with Gasteiger partial charge in [0.25, 0.3) is 0 Å². The molecular weight excluding hydrogens is 226 g/mol. The second-order valence-electron chi connectivity index (χ2n) is 6.67. The molecule has 2 bridgehead atoms. The predicted octanol–water partition coefficient (Wildman–Crippen LogP) is 0.568. The topological polar surface area (TPSA) is 50.5 Å². The van der Waals surface area contributed by atoms with Crippen molar-refractivity contribution >= 4 is 0 Å². The van der Waals surface area contributed by atoms with Crippen LogP contribution in [-0.4, -0.2) is 55.4 Å². The van der Waals surface area contributed by atoms with E-state index < -0.39 is 0 Å². The van der Waals surface area contributed by atoms with Gasteiger partial charge in [-0.05, 0) is 51.6 Å². The normalized spacial score (nSPS) is 47.7. The van der Waals surface area contributed by atoms with Crippen molar-refractivity contribution < 1.29 is 4.74 Å². The highest BCUT2D eigenvalue weighted by atomic mass is 16.5. The van der Waals surface area contributed by atoms with Gasteiger partial charge in [0, 0.05) is 31.8 Å². The van der Waals surface area contributed by atoms with Gasteiger partial charge in [0.1, 0.15) is 0 Å². The Morgan fingerprint density at radius 1 is 1.39 bits per heavy atom. The van der Waals surface area contributed by atoms with Gasteiger partial charge < -0.3 is 20.7 Å². The Kier molecular flexibility index (Phi) is 3.39. The molecule has 0 amide bonds. The van der Waals surface area contributed by atoms with Crippen LogP contribution in [0.2, 0.25) is 0 Å². The smallest absolute Gasteiger partial charge is 0.0779 e. The lowest BCUT2D eigenvalue weighted by Crippen LogP contribution is -2.70. The minimum Gasteiger partial charge on any atom is -0.374 e. The lowest BCUT2D eigenvalue weighted by Gasteiger charge is -2.54. The number of fused-ring (bicyclic) bond motifs is 3. The fourth-order valence-corrected chi connectivity index (χ4v) is 4.01. The predicted molar refractivity (Wildman–Crippen MR) is 72.5 cm³/mol. The summed E-state index contributed by atoms with van der Waals surface area (Å²) in [6.07, 6.45) is 4.99. The summed E-state index contributed by atoms with van der Waals surface area (Å²) >= 11 is 0. The molecule has 4 aliphatic rings. The van der Waals surface area contributed by atoms with Crippen LogP contribution in [0.4, 0.5) is 0 Å². The van der Waals surface area contributed by atoms with Crippen molar-refractivity contribution in [2.24, 2.45) is 11.7 Å². The van der Waals surface area contributed by atoms with E-state index >= 15 is 0 Å². The average Bonchev–Trinajstić information content (AvgIpc) is 2.85. The monoisotopic (exact) mass is 253 g/mol. The molecule has 0 aromatic rings. The van der Waals surface area contributed by atoms with Crippen molar-refractivity contribution in [2.75, 3.05) is 39.3 Å². The summed E-state index contributed by atoms with van der Waals surface area (Å²) in [5.74, 6) is 0.762. The second kappa shape index (κ2) is 4.75. The van der Waals surface area contributed by atoms with Gasteiger partial charge in [0.05, 0.1) is 5.60 Å². The third-order valence-corrected chi connectivity index (χ3v) is 5.35. The van der Waals surface area contributed by atoms with E-state index in [1.807, 2.05) is 0 Å². The van der Waals surface area contributed by atoms with Crippen molar-refractivity contribution in [3.05, 3.63) is 0 Å². The Hall–Kier alpha value is -0.160. The molecule has 4 saturated heterocycles. The number of nitrogens with zero attached hydrogens (tertiary/aromatic N) is 1. The fourth-order valence-electron chi connectivity index (χ4n) is 4.01. The number of hydrogen-bond acceptors (Lipinski definition) is 4. The number of ether oxygens (including phenoxy) is 1. The molecule has 2 unspecified atom stereocenters. The summed E-state index contributed by atoms with van der Waals surface area (Å²) in [4.78, 5) is 2.57. The number of nitrogens with two attached hydrogens (primary N) is 1. The first-order valence-corrected chi connectivity index (χ1v) is 7.47. The molecule has 4 aliphatic heterocycles. The summed E-state index contributed by atoms with van der Waals surface area (Å²) < 4.78 is 5.88. The van der Waals surface area contributed by atoms with Gasteiger partial charge in [0.2, 0.25) is 0 Å². The highest BCUT2D eigenvalue weighted by Gasteiger charge is 2.46. The van der Waals surface area contributed by atoms with E-state index in [9.17, 15) is 0 Å². The molecule has 2 atom stereocenters. The lowest BCUT2D eigenvalue weighted by molar-refractivity contribution is -0.0217. The Morgan fingerprint density at radius 2 is 2.17 bits per heavy atom. The summed E-state index contributed by atoms with van der Waals surface area (Å²) in [5.41, 5.74) is 6.30.